The van der Waals surface area contributed by atoms with E-state index in [9.17, 15) is 0 Å². The van der Waals surface area contributed by atoms with Crippen LogP contribution in [0.1, 0.15) is 11.3 Å². The molecule has 0 saturated carbocycles. The van der Waals surface area contributed by atoms with Crippen molar-refractivity contribution in [2.24, 2.45) is 0 Å². The zero-order valence-electron chi connectivity index (χ0n) is 8.99. The lowest BCUT2D eigenvalue weighted by Gasteiger charge is -2.05. The van der Waals surface area contributed by atoms with Crippen molar-refractivity contribution in [1.29, 1.82) is 0 Å². The first-order valence-corrected chi connectivity index (χ1v) is 4.96. The third kappa shape index (κ3) is 1.99. The van der Waals surface area contributed by atoms with Gasteiger partial charge in [-0.2, -0.15) is 0 Å². The summed E-state index contributed by atoms with van der Waals surface area (Å²) in [5.41, 5.74) is 10.9. The van der Waals surface area contributed by atoms with E-state index in [1.807, 2.05) is 25.3 Å². The molecule has 0 saturated heterocycles. The number of nitrogens with zero attached hydrogens (tertiary/aromatic N) is 1. The van der Waals surface area contributed by atoms with Crippen molar-refractivity contribution < 1.29 is 0 Å². The van der Waals surface area contributed by atoms with Gasteiger partial charge in [0.1, 0.15) is 0 Å². The lowest BCUT2D eigenvalue weighted by molar-refractivity contribution is 1.21. The molecule has 2 rings (SSSR count). The highest BCUT2D eigenvalue weighted by atomic mass is 14.7. The van der Waals surface area contributed by atoms with E-state index in [2.05, 4.69) is 30.1 Å². The summed E-state index contributed by atoms with van der Waals surface area (Å²) in [4.78, 5) is 4.26. The molecule has 2 nitrogen and oxygen atoms in total. The van der Waals surface area contributed by atoms with Gasteiger partial charge in [0.05, 0.1) is 11.4 Å². The second kappa shape index (κ2) is 3.73. The van der Waals surface area contributed by atoms with Crippen LogP contribution in [-0.4, -0.2) is 4.98 Å². The molecule has 0 amide bonds. The smallest absolute Gasteiger partial charge is 0.0602 e. The van der Waals surface area contributed by atoms with Gasteiger partial charge in [-0.1, -0.05) is 29.8 Å². The number of aryl methyl sites for hydroxylation is 2. The average molecular weight is 198 g/mol. The van der Waals surface area contributed by atoms with Crippen molar-refractivity contribution in [2.45, 2.75) is 13.8 Å². The minimum atomic E-state index is 0.744. The Bertz CT molecular complexity index is 490. The van der Waals surface area contributed by atoms with Gasteiger partial charge in [-0.15, -0.1) is 0 Å². The molecule has 1 aromatic carbocycles. The molecule has 76 valence electrons. The molecule has 0 aliphatic heterocycles. The molecule has 0 aliphatic carbocycles. The Balaban J connectivity index is 2.50. The van der Waals surface area contributed by atoms with Crippen LogP contribution in [0.15, 0.2) is 36.5 Å². The first kappa shape index (κ1) is 9.71. The molecule has 0 unspecified atom stereocenters. The maximum absolute atomic E-state index is 5.83. The van der Waals surface area contributed by atoms with E-state index in [0.29, 0.717) is 0 Å². The highest BCUT2D eigenvalue weighted by Gasteiger charge is 2.00. The molecule has 0 aliphatic rings. The van der Waals surface area contributed by atoms with Gasteiger partial charge in [-0.25, -0.2) is 0 Å². The number of aromatic nitrogens is 1. The first-order chi connectivity index (χ1) is 7.16. The van der Waals surface area contributed by atoms with E-state index in [1.54, 1.807) is 0 Å². The Kier molecular flexibility index (Phi) is 2.42. The normalized spacial score (nSPS) is 10.3. The monoisotopic (exact) mass is 198 g/mol. The number of pyridine rings is 1. The summed E-state index contributed by atoms with van der Waals surface area (Å²) < 4.78 is 0. The summed E-state index contributed by atoms with van der Waals surface area (Å²) in [6.45, 7) is 3.99. The fourth-order valence-corrected chi connectivity index (χ4v) is 1.53. The Hall–Kier alpha value is -1.83. The van der Waals surface area contributed by atoms with Gasteiger partial charge in [0, 0.05) is 11.8 Å². The summed E-state index contributed by atoms with van der Waals surface area (Å²) in [5.74, 6) is 0. The van der Waals surface area contributed by atoms with Crippen LogP contribution in [0.5, 0.6) is 0 Å². The average Bonchev–Trinajstić information content (AvgIpc) is 2.22. The van der Waals surface area contributed by atoms with Gasteiger partial charge < -0.3 is 5.73 Å². The summed E-state index contributed by atoms with van der Waals surface area (Å²) in [6.07, 6.45) is 1.86. The largest absolute Gasteiger partial charge is 0.397 e. The van der Waals surface area contributed by atoms with Gasteiger partial charge >= 0.3 is 0 Å². The van der Waals surface area contributed by atoms with Crippen molar-refractivity contribution in [1.82, 2.24) is 4.98 Å². The number of nitrogens with two attached hydrogens (primary N) is 1. The third-order valence-electron chi connectivity index (χ3n) is 2.48. The molecule has 1 aromatic heterocycles. The summed E-state index contributed by atoms with van der Waals surface area (Å²) in [6, 6.07) is 10.3. The maximum Gasteiger partial charge on any atom is 0.0602 e. The zero-order chi connectivity index (χ0) is 10.8. The molecule has 2 aromatic rings. The molecule has 15 heavy (non-hydrogen) atoms. The summed E-state index contributed by atoms with van der Waals surface area (Å²) in [5, 5.41) is 0. The fourth-order valence-electron chi connectivity index (χ4n) is 1.53. The molecule has 1 heterocycles. The van der Waals surface area contributed by atoms with Crippen LogP contribution in [0.3, 0.4) is 0 Å². The van der Waals surface area contributed by atoms with E-state index in [-0.39, 0.29) is 0 Å². The van der Waals surface area contributed by atoms with E-state index in [1.165, 1.54) is 5.56 Å². The van der Waals surface area contributed by atoms with Gasteiger partial charge in [0.2, 0.25) is 0 Å². The zero-order valence-corrected chi connectivity index (χ0v) is 8.99. The van der Waals surface area contributed by atoms with Gasteiger partial charge in [0.25, 0.3) is 0 Å². The van der Waals surface area contributed by atoms with E-state index in [4.69, 9.17) is 5.73 Å². The number of nitrogen functional groups attached to an aromatic ring is 1. The summed E-state index contributed by atoms with van der Waals surface area (Å²) >= 11 is 0. The number of hydrogen-bond donors (Lipinski definition) is 1. The molecular formula is C13H14N2. The van der Waals surface area contributed by atoms with Crippen LogP contribution in [-0.2, 0) is 0 Å². The number of rotatable bonds is 1. The van der Waals surface area contributed by atoms with Crippen molar-refractivity contribution in [3.63, 3.8) is 0 Å². The lowest BCUT2D eigenvalue weighted by Crippen LogP contribution is -1.93. The van der Waals surface area contributed by atoms with Crippen LogP contribution >= 0.6 is 0 Å². The number of benzene rings is 1. The number of anilines is 1. The fraction of sp³-hybridized carbons (Fsp3) is 0.154. The van der Waals surface area contributed by atoms with Crippen molar-refractivity contribution in [2.75, 3.05) is 5.73 Å². The molecule has 0 fully saturated rings. The van der Waals surface area contributed by atoms with Crippen molar-refractivity contribution >= 4 is 5.69 Å². The molecular weight excluding hydrogens is 184 g/mol. The molecule has 2 N–H and O–H groups in total. The van der Waals surface area contributed by atoms with Crippen LogP contribution in [0.25, 0.3) is 11.1 Å². The second-order valence-electron chi connectivity index (χ2n) is 3.77. The minimum Gasteiger partial charge on any atom is -0.397 e. The first-order valence-electron chi connectivity index (χ1n) is 4.96. The standard InChI is InChI=1S/C13H14N2/c1-9-4-3-5-11(6-9)12-7-13(14)10(2)15-8-12/h3-8H,14H2,1-2H3. The van der Waals surface area contributed by atoms with Crippen molar-refractivity contribution in [3.8, 4) is 11.1 Å². The van der Waals surface area contributed by atoms with E-state index < -0.39 is 0 Å². The summed E-state index contributed by atoms with van der Waals surface area (Å²) in [7, 11) is 0. The Morgan fingerprint density at radius 3 is 2.53 bits per heavy atom. The third-order valence-corrected chi connectivity index (χ3v) is 2.48. The molecule has 0 radical (unpaired) electrons. The van der Waals surface area contributed by atoms with E-state index in [0.717, 1.165) is 22.5 Å². The van der Waals surface area contributed by atoms with E-state index >= 15 is 0 Å². The SMILES string of the molecule is Cc1cccc(-c2cnc(C)c(N)c2)c1. The van der Waals surface area contributed by atoms with Crippen LogP contribution in [0.2, 0.25) is 0 Å². The highest BCUT2D eigenvalue weighted by Crippen LogP contribution is 2.22. The predicted molar refractivity (Wildman–Crippen MR) is 63.6 cm³/mol. The van der Waals surface area contributed by atoms with Crippen LogP contribution in [0.4, 0.5) is 5.69 Å². The van der Waals surface area contributed by atoms with Crippen LogP contribution in [0, 0.1) is 13.8 Å². The Morgan fingerprint density at radius 2 is 1.87 bits per heavy atom. The number of hydrogen-bond acceptors (Lipinski definition) is 2. The predicted octanol–water partition coefficient (Wildman–Crippen LogP) is 2.95. The second-order valence-corrected chi connectivity index (χ2v) is 3.77. The topological polar surface area (TPSA) is 38.9 Å². The van der Waals surface area contributed by atoms with Crippen molar-refractivity contribution in [3.05, 3.63) is 47.8 Å². The van der Waals surface area contributed by atoms with Crippen LogP contribution < -0.4 is 5.73 Å². The Morgan fingerprint density at radius 1 is 1.07 bits per heavy atom. The Labute approximate surface area is 89.8 Å². The molecule has 0 spiro atoms. The molecule has 0 atom stereocenters. The lowest BCUT2D eigenvalue weighted by atomic mass is 10.0. The highest BCUT2D eigenvalue weighted by molar-refractivity contribution is 5.67. The van der Waals surface area contributed by atoms with Gasteiger partial charge in [-0.3, -0.25) is 4.98 Å². The molecule has 0 bridgehead atoms. The molecule has 2 heteroatoms. The minimum absolute atomic E-state index is 0.744. The maximum atomic E-state index is 5.83. The quantitative estimate of drug-likeness (QED) is 0.765. The van der Waals surface area contributed by atoms with Gasteiger partial charge in [0.15, 0.2) is 0 Å². The van der Waals surface area contributed by atoms with Gasteiger partial charge in [-0.05, 0) is 25.5 Å².